The quantitative estimate of drug-likeness (QED) is 0.487. The van der Waals surface area contributed by atoms with Crippen LogP contribution in [0.5, 0.6) is 0 Å². The van der Waals surface area contributed by atoms with E-state index in [1.807, 2.05) is 30.3 Å². The van der Waals surface area contributed by atoms with Crippen molar-refractivity contribution in [2.75, 3.05) is 32.8 Å². The number of nitrogens with one attached hydrogen (secondary N) is 1. The minimum Gasteiger partial charge on any atom is -0.481 e. The second kappa shape index (κ2) is 12.6. The summed E-state index contributed by atoms with van der Waals surface area (Å²) in [6.07, 6.45) is -1.21. The fourth-order valence-corrected chi connectivity index (χ4v) is 3.63. The molecule has 0 saturated carbocycles. The van der Waals surface area contributed by atoms with Gasteiger partial charge in [-0.3, -0.25) is 14.4 Å². The van der Waals surface area contributed by atoms with Crippen molar-refractivity contribution in [3.05, 3.63) is 47.8 Å². The number of carboxylic acids is 1. The zero-order chi connectivity index (χ0) is 26.1. The molecule has 0 unspecified atom stereocenters. The molecule has 192 valence electrons. The maximum Gasteiger partial charge on any atom is 0.527 e. The fourth-order valence-electron chi connectivity index (χ4n) is 3.63. The van der Waals surface area contributed by atoms with E-state index in [-0.39, 0.29) is 51.3 Å². The van der Waals surface area contributed by atoms with E-state index >= 15 is 0 Å². The van der Waals surface area contributed by atoms with Crippen LogP contribution in [0.1, 0.15) is 35.9 Å². The lowest BCUT2D eigenvalue weighted by molar-refractivity contribution is -0.157. The minimum atomic E-state index is -1.08. The molecule has 2 N–H and O–H groups in total. The van der Waals surface area contributed by atoms with Gasteiger partial charge in [-0.1, -0.05) is 30.3 Å². The fraction of sp³-hybridized carbons (Fsp3) is 0.417. The Kier molecular flexibility index (Phi) is 9.28. The van der Waals surface area contributed by atoms with Crippen LogP contribution < -0.4 is 5.32 Å². The number of amides is 2. The first-order valence-corrected chi connectivity index (χ1v) is 11.6. The Labute approximate surface area is 208 Å². The molecular formula is C24H29N5O7. The molecule has 2 amide bonds. The molecule has 12 heteroatoms. The second-order valence-electron chi connectivity index (χ2n) is 8.07. The number of nitrogens with zero attached hydrogens (tertiary/aromatic N) is 4. The summed E-state index contributed by atoms with van der Waals surface area (Å²) >= 11 is 0. The Morgan fingerprint density at radius 1 is 1.08 bits per heavy atom. The number of hydrogen-bond donors (Lipinski definition) is 2. The highest BCUT2D eigenvalue weighted by Crippen LogP contribution is 2.16. The van der Waals surface area contributed by atoms with Gasteiger partial charge in [0.05, 0.1) is 19.7 Å². The lowest BCUT2D eigenvalue weighted by Gasteiger charge is -2.35. The number of rotatable bonds is 9. The lowest BCUT2D eigenvalue weighted by Crippen LogP contribution is -2.55. The van der Waals surface area contributed by atoms with Crippen LogP contribution in [0.4, 0.5) is 4.79 Å². The third-order valence-corrected chi connectivity index (χ3v) is 5.39. The number of benzene rings is 1. The molecule has 3 rings (SSSR count). The largest absolute Gasteiger partial charge is 0.527 e. The van der Waals surface area contributed by atoms with Crippen LogP contribution in [0.25, 0.3) is 11.4 Å². The number of aromatic nitrogens is 2. The number of carboxylic acid groups (broad SMARTS) is 1. The predicted molar refractivity (Wildman–Crippen MR) is 127 cm³/mol. The summed E-state index contributed by atoms with van der Waals surface area (Å²) in [5, 5.41) is 13.2. The highest BCUT2D eigenvalue weighted by Gasteiger charge is 2.31. The van der Waals surface area contributed by atoms with Crippen LogP contribution in [0.15, 0.2) is 36.4 Å². The van der Waals surface area contributed by atoms with Crippen LogP contribution in [0.3, 0.4) is 0 Å². The smallest absolute Gasteiger partial charge is 0.481 e. The molecule has 0 radical (unpaired) electrons. The van der Waals surface area contributed by atoms with Crippen LogP contribution in [-0.4, -0.2) is 87.8 Å². The first-order valence-electron chi connectivity index (χ1n) is 11.6. The molecule has 1 saturated heterocycles. The van der Waals surface area contributed by atoms with Crippen LogP contribution in [0, 0.1) is 6.92 Å². The van der Waals surface area contributed by atoms with Gasteiger partial charge in [-0.2, -0.15) is 0 Å². The van der Waals surface area contributed by atoms with Crippen molar-refractivity contribution in [3.8, 4) is 11.4 Å². The van der Waals surface area contributed by atoms with E-state index in [9.17, 15) is 19.2 Å². The summed E-state index contributed by atoms with van der Waals surface area (Å²) in [7, 11) is 0. The average Bonchev–Trinajstić information content (AvgIpc) is 2.86. The van der Waals surface area contributed by atoms with Crippen LogP contribution in [0.2, 0.25) is 0 Å². The number of carbonyl (C=O) groups excluding carboxylic acids is 3. The Morgan fingerprint density at radius 2 is 1.78 bits per heavy atom. The van der Waals surface area contributed by atoms with Crippen molar-refractivity contribution in [2.24, 2.45) is 0 Å². The summed E-state index contributed by atoms with van der Waals surface area (Å²) in [4.78, 5) is 64.2. The van der Waals surface area contributed by atoms with E-state index in [0.29, 0.717) is 11.5 Å². The zero-order valence-electron chi connectivity index (χ0n) is 20.2. The summed E-state index contributed by atoms with van der Waals surface area (Å²) in [5.74, 6) is -1.74. The van der Waals surface area contributed by atoms with Gasteiger partial charge >= 0.3 is 12.1 Å². The van der Waals surface area contributed by atoms with Gasteiger partial charge in [0.2, 0.25) is 5.91 Å². The maximum absolute atomic E-state index is 13.2. The molecule has 2 aromatic rings. The monoisotopic (exact) mass is 499 g/mol. The van der Waals surface area contributed by atoms with Crippen LogP contribution >= 0.6 is 0 Å². The molecule has 0 aliphatic carbocycles. The first kappa shape index (κ1) is 26.5. The maximum atomic E-state index is 13.2. The van der Waals surface area contributed by atoms with Crippen molar-refractivity contribution in [1.82, 2.24) is 25.2 Å². The molecular weight excluding hydrogens is 470 g/mol. The number of aliphatic carboxylic acids is 1. The standard InChI is InChI=1S/C24H29N5O7/c1-3-35-24(34)36-29-13-11-28(12-14-29)23(33)18(9-10-20(30)31)27-22(32)19-15-16(2)25-21(26-19)17-7-5-4-6-8-17/h4-8,15,18H,3,9-14H2,1-2H3,(H,27,32)(H,30,31)/t18-/m0/s1. The molecule has 0 spiro atoms. The second-order valence-corrected chi connectivity index (χ2v) is 8.07. The zero-order valence-corrected chi connectivity index (χ0v) is 20.2. The van der Waals surface area contributed by atoms with Crippen molar-refractivity contribution in [1.29, 1.82) is 0 Å². The highest BCUT2D eigenvalue weighted by molar-refractivity contribution is 5.96. The lowest BCUT2D eigenvalue weighted by atomic mass is 10.1. The van der Waals surface area contributed by atoms with E-state index in [0.717, 1.165) is 5.56 Å². The van der Waals surface area contributed by atoms with Crippen molar-refractivity contribution >= 4 is 23.9 Å². The van der Waals surface area contributed by atoms with Gasteiger partial charge in [0.25, 0.3) is 5.91 Å². The van der Waals surface area contributed by atoms with E-state index in [1.54, 1.807) is 13.8 Å². The van der Waals surface area contributed by atoms with Crippen molar-refractivity contribution < 1.29 is 33.9 Å². The Bertz CT molecular complexity index is 1090. The number of ether oxygens (including phenoxy) is 1. The van der Waals surface area contributed by atoms with Gasteiger partial charge in [-0.15, -0.1) is 5.06 Å². The predicted octanol–water partition coefficient (Wildman–Crippen LogP) is 1.65. The first-order chi connectivity index (χ1) is 17.3. The molecule has 36 heavy (non-hydrogen) atoms. The van der Waals surface area contributed by atoms with E-state index in [1.165, 1.54) is 16.0 Å². The van der Waals surface area contributed by atoms with E-state index in [2.05, 4.69) is 15.3 Å². The summed E-state index contributed by atoms with van der Waals surface area (Å²) < 4.78 is 4.75. The van der Waals surface area contributed by atoms with Gasteiger partial charge in [0.1, 0.15) is 11.7 Å². The highest BCUT2D eigenvalue weighted by atomic mass is 16.8. The topological polar surface area (TPSA) is 151 Å². The Morgan fingerprint density at radius 3 is 2.42 bits per heavy atom. The summed E-state index contributed by atoms with van der Waals surface area (Å²) in [6.45, 7) is 4.52. The molecule has 1 atom stereocenters. The Balaban J connectivity index is 1.69. The van der Waals surface area contributed by atoms with Gasteiger partial charge in [-0.25, -0.2) is 14.8 Å². The summed E-state index contributed by atoms with van der Waals surface area (Å²) in [6, 6.07) is 9.60. The Hall–Kier alpha value is -4.06. The molecule has 1 aliphatic rings. The minimum absolute atomic E-state index is 0.0714. The number of hydroxylamine groups is 2. The van der Waals surface area contributed by atoms with E-state index < -0.39 is 30.0 Å². The SMILES string of the molecule is CCOC(=O)ON1CCN(C(=O)[C@H](CCC(=O)O)NC(=O)c2cc(C)nc(-c3ccccc3)n2)CC1. The molecule has 0 bridgehead atoms. The van der Waals surface area contributed by atoms with Crippen LogP contribution in [-0.2, 0) is 19.2 Å². The third kappa shape index (κ3) is 7.47. The van der Waals surface area contributed by atoms with Crippen molar-refractivity contribution in [3.63, 3.8) is 0 Å². The van der Waals surface area contributed by atoms with E-state index in [4.69, 9.17) is 14.7 Å². The van der Waals surface area contributed by atoms with Gasteiger partial charge in [0, 0.05) is 30.8 Å². The number of aryl methyl sites for hydroxylation is 1. The molecule has 1 aliphatic heterocycles. The molecule has 2 heterocycles. The number of carbonyl (C=O) groups is 4. The molecule has 1 aromatic heterocycles. The van der Waals surface area contributed by atoms with Gasteiger partial charge in [0.15, 0.2) is 5.82 Å². The number of hydrogen-bond acceptors (Lipinski definition) is 9. The van der Waals surface area contributed by atoms with Crippen molar-refractivity contribution in [2.45, 2.75) is 32.7 Å². The third-order valence-electron chi connectivity index (χ3n) is 5.39. The summed E-state index contributed by atoms with van der Waals surface area (Å²) in [5.41, 5.74) is 1.37. The normalized spacial score (nSPS) is 14.6. The van der Waals surface area contributed by atoms with Gasteiger partial charge < -0.3 is 24.9 Å². The number of piperazine rings is 1. The molecule has 1 aromatic carbocycles. The average molecular weight is 500 g/mol. The van der Waals surface area contributed by atoms with Gasteiger partial charge in [-0.05, 0) is 26.3 Å². The molecule has 1 fully saturated rings. The molecule has 12 nitrogen and oxygen atoms in total.